The van der Waals surface area contributed by atoms with E-state index < -0.39 is 0 Å². The summed E-state index contributed by atoms with van der Waals surface area (Å²) >= 11 is 1.57. The molecule has 3 rings (SSSR count). The van der Waals surface area contributed by atoms with Crippen LogP contribution in [0, 0.1) is 0 Å². The Labute approximate surface area is 131 Å². The van der Waals surface area contributed by atoms with Gasteiger partial charge in [0.15, 0.2) is 0 Å². The lowest BCUT2D eigenvalue weighted by Gasteiger charge is -2.01. The second kappa shape index (κ2) is 6.03. The van der Waals surface area contributed by atoms with Gasteiger partial charge in [-0.1, -0.05) is 23.5 Å². The van der Waals surface area contributed by atoms with E-state index in [1.165, 1.54) is 6.21 Å². The number of phenolic OH excluding ortho intramolecular Hbond substituents is 1. The Kier molecular flexibility index (Phi) is 3.93. The number of para-hydroxylation sites is 1. The number of methoxy groups -OCH3 is 1. The zero-order valence-electron chi connectivity index (χ0n) is 12.2. The average molecular weight is 313 g/mol. The molecule has 0 atom stereocenters. The van der Waals surface area contributed by atoms with Crippen LogP contribution < -0.4 is 9.54 Å². The van der Waals surface area contributed by atoms with Crippen LogP contribution in [0.4, 0.5) is 0 Å². The third kappa shape index (κ3) is 2.73. The Balaban J connectivity index is 1.97. The molecule has 0 radical (unpaired) electrons. The van der Waals surface area contributed by atoms with Crippen LogP contribution in [0.5, 0.6) is 11.5 Å². The molecule has 22 heavy (non-hydrogen) atoms. The van der Waals surface area contributed by atoms with Gasteiger partial charge in [-0.3, -0.25) is 0 Å². The lowest BCUT2D eigenvalue weighted by Crippen LogP contribution is -2.08. The van der Waals surface area contributed by atoms with Gasteiger partial charge in [0, 0.05) is 12.6 Å². The number of nitrogens with zero attached hydrogens (tertiary/aromatic N) is 3. The van der Waals surface area contributed by atoms with Crippen LogP contribution in [0.25, 0.3) is 10.2 Å². The molecule has 0 unspecified atom stereocenters. The predicted molar refractivity (Wildman–Crippen MR) is 88.6 cm³/mol. The molecule has 1 heterocycles. The summed E-state index contributed by atoms with van der Waals surface area (Å²) in [5, 5.41) is 18.1. The summed E-state index contributed by atoms with van der Waals surface area (Å²) in [6.07, 6.45) is 1.52. The number of rotatable bonds is 3. The first-order valence-corrected chi connectivity index (χ1v) is 7.49. The Morgan fingerprint density at radius 1 is 1.23 bits per heavy atom. The van der Waals surface area contributed by atoms with Crippen molar-refractivity contribution in [2.45, 2.75) is 0 Å². The average Bonchev–Trinajstić information content (AvgIpc) is 2.86. The molecular formula is C16H15N3O2S. The monoisotopic (exact) mass is 313 g/mol. The van der Waals surface area contributed by atoms with Crippen molar-refractivity contribution in [3.05, 3.63) is 52.8 Å². The summed E-state index contributed by atoms with van der Waals surface area (Å²) in [5.41, 5.74) is 1.68. The van der Waals surface area contributed by atoms with Gasteiger partial charge in [0.05, 0.1) is 23.5 Å². The van der Waals surface area contributed by atoms with Crippen molar-refractivity contribution in [2.24, 2.45) is 17.3 Å². The van der Waals surface area contributed by atoms with Crippen molar-refractivity contribution < 1.29 is 9.84 Å². The fourth-order valence-electron chi connectivity index (χ4n) is 2.08. The van der Waals surface area contributed by atoms with E-state index in [2.05, 4.69) is 16.3 Å². The SMILES string of the molecule is COc1ccc(O)c(/C=N\N=c2/sc3ccccc3n2C)c1. The predicted octanol–water partition coefficient (Wildman–Crippen LogP) is 2.89. The van der Waals surface area contributed by atoms with E-state index in [1.54, 1.807) is 36.6 Å². The van der Waals surface area contributed by atoms with Gasteiger partial charge >= 0.3 is 0 Å². The first-order chi connectivity index (χ1) is 10.7. The van der Waals surface area contributed by atoms with Crippen molar-refractivity contribution in [3.8, 4) is 11.5 Å². The fraction of sp³-hybridized carbons (Fsp3) is 0.125. The van der Waals surface area contributed by atoms with Gasteiger partial charge < -0.3 is 14.4 Å². The first-order valence-electron chi connectivity index (χ1n) is 6.67. The number of benzene rings is 2. The molecule has 0 amide bonds. The van der Waals surface area contributed by atoms with Gasteiger partial charge in [-0.2, -0.15) is 5.10 Å². The minimum atomic E-state index is 0.139. The van der Waals surface area contributed by atoms with Crippen molar-refractivity contribution in [2.75, 3.05) is 7.11 Å². The number of aromatic nitrogens is 1. The van der Waals surface area contributed by atoms with E-state index >= 15 is 0 Å². The molecule has 0 saturated heterocycles. The minimum absolute atomic E-state index is 0.139. The van der Waals surface area contributed by atoms with E-state index in [4.69, 9.17) is 4.74 Å². The largest absolute Gasteiger partial charge is 0.507 e. The van der Waals surface area contributed by atoms with E-state index in [0.717, 1.165) is 15.0 Å². The zero-order chi connectivity index (χ0) is 15.5. The summed E-state index contributed by atoms with van der Waals surface area (Å²) < 4.78 is 8.27. The molecule has 0 bridgehead atoms. The standard InChI is InChI=1S/C16H15N3O2S/c1-19-13-5-3-4-6-15(13)22-16(19)18-17-10-11-9-12(21-2)7-8-14(11)20/h3-10,20H,1-2H3/b17-10-,18-16-. The molecule has 1 N–H and O–H groups in total. The molecule has 0 fully saturated rings. The van der Waals surface area contributed by atoms with Crippen molar-refractivity contribution in [1.29, 1.82) is 0 Å². The lowest BCUT2D eigenvalue weighted by atomic mass is 10.2. The number of fused-ring (bicyclic) bond motifs is 1. The van der Waals surface area contributed by atoms with Crippen LogP contribution in [-0.4, -0.2) is 23.0 Å². The van der Waals surface area contributed by atoms with E-state index in [-0.39, 0.29) is 5.75 Å². The quantitative estimate of drug-likeness (QED) is 0.597. The Morgan fingerprint density at radius 3 is 2.82 bits per heavy atom. The Morgan fingerprint density at radius 2 is 2.05 bits per heavy atom. The number of phenols is 1. The number of ether oxygens (including phenoxy) is 1. The van der Waals surface area contributed by atoms with Crippen LogP contribution in [-0.2, 0) is 7.05 Å². The molecule has 0 aliphatic carbocycles. The Bertz CT molecular complexity index is 909. The fourth-order valence-corrected chi connectivity index (χ4v) is 3.06. The van der Waals surface area contributed by atoms with Crippen LogP contribution in [0.3, 0.4) is 0 Å². The smallest absolute Gasteiger partial charge is 0.211 e. The molecular weight excluding hydrogens is 298 g/mol. The summed E-state index contributed by atoms with van der Waals surface area (Å²) in [6, 6.07) is 13.1. The molecule has 112 valence electrons. The number of aromatic hydroxyl groups is 1. The van der Waals surface area contributed by atoms with Gasteiger partial charge in [0.25, 0.3) is 0 Å². The van der Waals surface area contributed by atoms with Crippen molar-refractivity contribution in [1.82, 2.24) is 4.57 Å². The molecule has 5 nitrogen and oxygen atoms in total. The number of thiazole rings is 1. The molecule has 1 aromatic heterocycles. The topological polar surface area (TPSA) is 59.1 Å². The van der Waals surface area contributed by atoms with E-state index in [0.29, 0.717) is 11.3 Å². The summed E-state index contributed by atoms with van der Waals surface area (Å²) in [4.78, 5) is 0.792. The molecule has 0 aliphatic rings. The maximum atomic E-state index is 9.81. The van der Waals surface area contributed by atoms with Crippen LogP contribution in [0.1, 0.15) is 5.56 Å². The Hall–Kier alpha value is -2.60. The van der Waals surface area contributed by atoms with Gasteiger partial charge in [-0.25, -0.2) is 0 Å². The third-order valence-corrected chi connectivity index (χ3v) is 4.39. The highest BCUT2D eigenvalue weighted by Crippen LogP contribution is 2.21. The summed E-state index contributed by atoms with van der Waals surface area (Å²) in [5.74, 6) is 0.798. The van der Waals surface area contributed by atoms with Crippen LogP contribution in [0.2, 0.25) is 0 Å². The number of aryl methyl sites for hydroxylation is 1. The zero-order valence-corrected chi connectivity index (χ0v) is 13.0. The second-order valence-electron chi connectivity index (χ2n) is 4.68. The summed E-state index contributed by atoms with van der Waals surface area (Å²) in [6.45, 7) is 0. The van der Waals surface area contributed by atoms with Crippen LogP contribution >= 0.6 is 11.3 Å². The molecule has 3 aromatic rings. The normalized spacial score (nSPS) is 12.4. The minimum Gasteiger partial charge on any atom is -0.507 e. The highest BCUT2D eigenvalue weighted by atomic mass is 32.1. The number of hydrogen-bond acceptors (Lipinski definition) is 5. The van der Waals surface area contributed by atoms with Crippen molar-refractivity contribution >= 4 is 27.8 Å². The highest BCUT2D eigenvalue weighted by molar-refractivity contribution is 7.16. The van der Waals surface area contributed by atoms with Crippen LogP contribution in [0.15, 0.2) is 52.7 Å². The first kappa shape index (κ1) is 14.3. The maximum absolute atomic E-state index is 9.81. The number of hydrogen-bond donors (Lipinski definition) is 1. The van der Waals surface area contributed by atoms with E-state index in [9.17, 15) is 5.11 Å². The molecule has 0 aliphatic heterocycles. The molecule has 0 spiro atoms. The van der Waals surface area contributed by atoms with Gasteiger partial charge in [0.1, 0.15) is 11.5 Å². The maximum Gasteiger partial charge on any atom is 0.211 e. The molecule has 2 aromatic carbocycles. The third-order valence-electron chi connectivity index (χ3n) is 3.29. The van der Waals surface area contributed by atoms with E-state index in [1.807, 2.05) is 29.8 Å². The molecule has 0 saturated carbocycles. The van der Waals surface area contributed by atoms with Gasteiger partial charge in [-0.05, 0) is 30.3 Å². The molecule has 6 heteroatoms. The lowest BCUT2D eigenvalue weighted by molar-refractivity contribution is 0.412. The second-order valence-corrected chi connectivity index (χ2v) is 5.69. The highest BCUT2D eigenvalue weighted by Gasteiger charge is 2.02. The summed E-state index contributed by atoms with van der Waals surface area (Å²) in [7, 11) is 3.53. The van der Waals surface area contributed by atoms with Crippen molar-refractivity contribution in [3.63, 3.8) is 0 Å². The van der Waals surface area contributed by atoms with Gasteiger partial charge in [0.2, 0.25) is 4.80 Å². The van der Waals surface area contributed by atoms with Gasteiger partial charge in [-0.15, -0.1) is 5.10 Å².